The van der Waals surface area contributed by atoms with Crippen LogP contribution < -0.4 is 4.74 Å². The van der Waals surface area contributed by atoms with E-state index in [1.807, 2.05) is 54.2 Å². The van der Waals surface area contributed by atoms with Crippen LogP contribution in [0.5, 0.6) is 17.4 Å². The van der Waals surface area contributed by atoms with Gasteiger partial charge < -0.3 is 9.84 Å². The van der Waals surface area contributed by atoms with Crippen molar-refractivity contribution in [3.05, 3.63) is 131 Å². The SMILES string of the molecule is CC(C)(c1ccccc1)[C@@]12Cc3ccccc3[C@@H]1N=C(c1cccc(Oc3ccc4cccc(O)c4n3)c1)S2. The third kappa shape index (κ3) is 3.83. The number of pyridine rings is 1. The van der Waals surface area contributed by atoms with Crippen molar-refractivity contribution in [3.8, 4) is 17.4 Å². The number of para-hydroxylation sites is 1. The molecule has 39 heavy (non-hydrogen) atoms. The molecule has 0 amide bonds. The molecule has 2 heterocycles. The largest absolute Gasteiger partial charge is 0.506 e. The van der Waals surface area contributed by atoms with Crippen LogP contribution >= 0.6 is 11.8 Å². The maximum absolute atomic E-state index is 10.2. The summed E-state index contributed by atoms with van der Waals surface area (Å²) >= 11 is 1.90. The van der Waals surface area contributed by atoms with Gasteiger partial charge in [-0.15, -0.1) is 0 Å². The Morgan fingerprint density at radius 3 is 2.54 bits per heavy atom. The summed E-state index contributed by atoms with van der Waals surface area (Å²) in [6.45, 7) is 4.74. The van der Waals surface area contributed by atoms with Crippen LogP contribution in [0.4, 0.5) is 0 Å². The predicted octanol–water partition coefficient (Wildman–Crippen LogP) is 8.24. The van der Waals surface area contributed by atoms with Crippen molar-refractivity contribution in [2.45, 2.75) is 36.5 Å². The fourth-order valence-electron chi connectivity index (χ4n) is 6.08. The van der Waals surface area contributed by atoms with Gasteiger partial charge in [0.2, 0.25) is 5.88 Å². The number of aromatic nitrogens is 1. The molecule has 5 heteroatoms. The van der Waals surface area contributed by atoms with Gasteiger partial charge >= 0.3 is 0 Å². The van der Waals surface area contributed by atoms with Crippen molar-refractivity contribution >= 4 is 27.7 Å². The zero-order valence-electron chi connectivity index (χ0n) is 21.8. The van der Waals surface area contributed by atoms with E-state index in [0.717, 1.165) is 22.4 Å². The predicted molar refractivity (Wildman–Crippen MR) is 159 cm³/mol. The second-order valence-electron chi connectivity index (χ2n) is 10.8. The van der Waals surface area contributed by atoms with Gasteiger partial charge in [-0.1, -0.05) is 104 Å². The smallest absolute Gasteiger partial charge is 0.219 e. The molecule has 2 aliphatic rings. The molecule has 0 unspecified atom stereocenters. The number of ether oxygens (including phenoxy) is 1. The summed E-state index contributed by atoms with van der Waals surface area (Å²) in [4.78, 5) is 9.94. The molecule has 1 aliphatic heterocycles. The second kappa shape index (κ2) is 8.99. The van der Waals surface area contributed by atoms with Crippen LogP contribution in [0.25, 0.3) is 10.9 Å². The molecule has 7 rings (SSSR count). The van der Waals surface area contributed by atoms with E-state index in [0.29, 0.717) is 17.1 Å². The highest BCUT2D eigenvalue weighted by molar-refractivity contribution is 8.16. The van der Waals surface area contributed by atoms with E-state index in [2.05, 4.69) is 79.5 Å². The summed E-state index contributed by atoms with van der Waals surface area (Å²) in [7, 11) is 0. The first kappa shape index (κ1) is 24.0. The lowest BCUT2D eigenvalue weighted by atomic mass is 9.69. The highest BCUT2D eigenvalue weighted by Crippen LogP contribution is 2.63. The first-order chi connectivity index (χ1) is 18.9. The summed E-state index contributed by atoms with van der Waals surface area (Å²) in [5.74, 6) is 1.27. The number of fused-ring (bicyclic) bond motifs is 4. The molecule has 0 saturated carbocycles. The molecule has 0 saturated heterocycles. The third-order valence-corrected chi connectivity index (χ3v) is 10.1. The normalized spacial score (nSPS) is 19.9. The molecule has 4 nitrogen and oxygen atoms in total. The van der Waals surface area contributed by atoms with Gasteiger partial charge in [0.1, 0.15) is 17.0 Å². The Morgan fingerprint density at radius 1 is 0.872 bits per heavy atom. The van der Waals surface area contributed by atoms with Gasteiger partial charge in [-0.25, -0.2) is 4.98 Å². The molecular weight excluding hydrogens is 500 g/mol. The first-order valence-electron chi connectivity index (χ1n) is 13.2. The van der Waals surface area contributed by atoms with E-state index < -0.39 is 0 Å². The van der Waals surface area contributed by atoms with Crippen LogP contribution in [0.1, 0.15) is 42.1 Å². The maximum Gasteiger partial charge on any atom is 0.219 e. The molecule has 0 bridgehead atoms. The van der Waals surface area contributed by atoms with Crippen LogP contribution in [0, 0.1) is 0 Å². The van der Waals surface area contributed by atoms with Crippen molar-refractivity contribution in [1.29, 1.82) is 0 Å². The molecule has 1 aliphatic carbocycles. The number of nitrogens with zero attached hydrogens (tertiary/aromatic N) is 2. The number of thioether (sulfide) groups is 1. The lowest BCUT2D eigenvalue weighted by Crippen LogP contribution is -2.46. The molecule has 0 radical (unpaired) electrons. The number of phenolic OH excluding ortho intramolecular Hbond substituents is 1. The standard InChI is InChI=1S/C34H28N2O2S/c1-33(2,25-13-4-3-5-14-25)34-21-24-10-6-7-16-27(24)31(34)36-32(39-34)23-12-8-15-26(20-23)38-29-19-18-22-11-9-17-28(37)30(22)35-29/h3-20,31,37H,21H2,1-2H3/t31-,34+/m0/s1. The number of aliphatic imine (C=N–C) groups is 1. The Hall–Kier alpha value is -4.09. The minimum atomic E-state index is -0.137. The molecule has 1 N–H and O–H groups in total. The second-order valence-corrected chi connectivity index (χ2v) is 12.1. The van der Waals surface area contributed by atoms with Gasteiger partial charge in [0.15, 0.2) is 0 Å². The van der Waals surface area contributed by atoms with E-state index in [1.165, 1.54) is 16.7 Å². The van der Waals surface area contributed by atoms with Crippen molar-refractivity contribution in [1.82, 2.24) is 4.98 Å². The zero-order valence-corrected chi connectivity index (χ0v) is 22.7. The quantitative estimate of drug-likeness (QED) is 0.250. The van der Waals surface area contributed by atoms with Crippen molar-refractivity contribution in [2.75, 3.05) is 0 Å². The average molecular weight is 529 g/mol. The van der Waals surface area contributed by atoms with E-state index in [-0.39, 0.29) is 22.0 Å². The van der Waals surface area contributed by atoms with Crippen LogP contribution in [0.3, 0.4) is 0 Å². The minimum Gasteiger partial charge on any atom is -0.506 e. The monoisotopic (exact) mass is 528 g/mol. The molecule has 5 aromatic rings. The number of aromatic hydroxyl groups is 1. The van der Waals surface area contributed by atoms with Gasteiger partial charge in [-0.3, -0.25) is 4.99 Å². The summed E-state index contributed by atoms with van der Waals surface area (Å²) in [6, 6.07) is 36.9. The van der Waals surface area contributed by atoms with Crippen LogP contribution in [0.2, 0.25) is 0 Å². The Labute approximate surface area is 232 Å². The number of phenols is 1. The molecule has 2 atom stereocenters. The van der Waals surface area contributed by atoms with E-state index in [1.54, 1.807) is 6.07 Å². The Bertz CT molecular complexity index is 1750. The number of rotatable bonds is 5. The van der Waals surface area contributed by atoms with E-state index in [4.69, 9.17) is 9.73 Å². The maximum atomic E-state index is 10.2. The molecular formula is C34H28N2O2S. The molecule has 0 spiro atoms. The lowest BCUT2D eigenvalue weighted by molar-refractivity contribution is 0.337. The Balaban J connectivity index is 1.25. The van der Waals surface area contributed by atoms with Gasteiger partial charge in [0, 0.05) is 22.4 Å². The van der Waals surface area contributed by atoms with Crippen molar-refractivity contribution < 1.29 is 9.84 Å². The number of hydrogen-bond donors (Lipinski definition) is 1. The summed E-state index contributed by atoms with van der Waals surface area (Å²) < 4.78 is 6.03. The summed E-state index contributed by atoms with van der Waals surface area (Å²) in [6.07, 6.45) is 0.966. The first-order valence-corrected chi connectivity index (χ1v) is 14.0. The summed E-state index contributed by atoms with van der Waals surface area (Å²) in [5.41, 5.74) is 5.49. The zero-order chi connectivity index (χ0) is 26.6. The molecule has 1 aromatic heterocycles. The molecule has 4 aromatic carbocycles. The number of hydrogen-bond acceptors (Lipinski definition) is 5. The number of benzene rings is 4. The fourth-order valence-corrected chi connectivity index (χ4v) is 7.72. The van der Waals surface area contributed by atoms with Crippen LogP contribution in [-0.4, -0.2) is 19.9 Å². The fraction of sp³-hybridized carbons (Fsp3) is 0.176. The van der Waals surface area contributed by atoms with Crippen molar-refractivity contribution in [3.63, 3.8) is 0 Å². The Morgan fingerprint density at radius 2 is 1.67 bits per heavy atom. The minimum absolute atomic E-state index is 0.0682. The van der Waals surface area contributed by atoms with Crippen molar-refractivity contribution in [2.24, 2.45) is 4.99 Å². The van der Waals surface area contributed by atoms with Crippen LogP contribution in [0.15, 0.2) is 114 Å². The van der Waals surface area contributed by atoms with Gasteiger partial charge in [-0.05, 0) is 47.4 Å². The van der Waals surface area contributed by atoms with E-state index >= 15 is 0 Å². The van der Waals surface area contributed by atoms with Gasteiger partial charge in [0.05, 0.1) is 15.8 Å². The summed E-state index contributed by atoms with van der Waals surface area (Å²) in [5, 5.41) is 12.1. The highest BCUT2D eigenvalue weighted by atomic mass is 32.2. The molecule has 0 fully saturated rings. The third-order valence-electron chi connectivity index (χ3n) is 8.30. The van der Waals surface area contributed by atoms with E-state index in [9.17, 15) is 5.11 Å². The highest BCUT2D eigenvalue weighted by Gasteiger charge is 2.60. The van der Waals surface area contributed by atoms with Gasteiger partial charge in [-0.2, -0.15) is 0 Å². The lowest BCUT2D eigenvalue weighted by Gasteiger charge is -2.44. The van der Waals surface area contributed by atoms with Gasteiger partial charge in [0.25, 0.3) is 0 Å². The Kier molecular flexibility index (Phi) is 5.53. The topological polar surface area (TPSA) is 54.7 Å². The van der Waals surface area contributed by atoms with Crippen LogP contribution in [-0.2, 0) is 11.8 Å². The average Bonchev–Trinajstić information content (AvgIpc) is 3.50. The molecule has 192 valence electrons.